The van der Waals surface area contributed by atoms with Crippen LogP contribution in [-0.4, -0.2) is 18.1 Å². The van der Waals surface area contributed by atoms with Gasteiger partial charge in [-0.15, -0.1) is 0 Å². The molecular formula is C14H15NO4. The number of benzene rings is 1. The summed E-state index contributed by atoms with van der Waals surface area (Å²) in [5.74, 6) is 0.0747. The van der Waals surface area contributed by atoms with E-state index in [4.69, 9.17) is 14.3 Å². The van der Waals surface area contributed by atoms with Gasteiger partial charge >= 0.3 is 5.97 Å². The number of hydrogen-bond donors (Lipinski definition) is 2. The third-order valence-corrected chi connectivity index (χ3v) is 2.58. The number of para-hydroxylation sites is 1. The topological polar surface area (TPSA) is 71.7 Å². The van der Waals surface area contributed by atoms with E-state index in [1.165, 1.54) is 6.07 Å². The zero-order valence-electron chi connectivity index (χ0n) is 10.6. The van der Waals surface area contributed by atoms with Gasteiger partial charge < -0.3 is 19.6 Å². The third kappa shape index (κ3) is 3.35. The Morgan fingerprint density at radius 2 is 2.11 bits per heavy atom. The van der Waals surface area contributed by atoms with Gasteiger partial charge in [-0.25, -0.2) is 4.79 Å². The smallest absolute Gasteiger partial charge is 0.371 e. The molecular weight excluding hydrogens is 246 g/mol. The fraction of sp³-hybridized carbons (Fsp3) is 0.214. The lowest BCUT2D eigenvalue weighted by Gasteiger charge is -2.09. The first-order valence-corrected chi connectivity index (χ1v) is 5.88. The maximum atomic E-state index is 10.7. The lowest BCUT2D eigenvalue weighted by molar-refractivity contribution is 0.0658. The van der Waals surface area contributed by atoms with E-state index in [-0.39, 0.29) is 12.4 Å². The van der Waals surface area contributed by atoms with Crippen molar-refractivity contribution in [1.29, 1.82) is 0 Å². The molecule has 2 N–H and O–H groups in total. The Bertz CT molecular complexity index is 562. The number of carboxylic acid groups (broad SMARTS) is 1. The summed E-state index contributed by atoms with van der Waals surface area (Å²) in [6, 6.07) is 10.7. The molecule has 0 saturated carbocycles. The number of aromatic carboxylic acids is 1. The largest absolute Gasteiger partial charge is 0.485 e. The molecule has 0 unspecified atom stereocenters. The summed E-state index contributed by atoms with van der Waals surface area (Å²) < 4.78 is 10.8. The summed E-state index contributed by atoms with van der Waals surface area (Å²) in [5.41, 5.74) is 1.04. The minimum absolute atomic E-state index is 0.0814. The van der Waals surface area contributed by atoms with Gasteiger partial charge in [0.2, 0.25) is 5.76 Å². The molecule has 0 fully saturated rings. The maximum absolute atomic E-state index is 10.7. The molecule has 2 rings (SSSR count). The summed E-state index contributed by atoms with van der Waals surface area (Å²) in [4.78, 5) is 10.7. The van der Waals surface area contributed by atoms with Crippen molar-refractivity contribution in [3.63, 3.8) is 0 Å². The predicted molar refractivity (Wildman–Crippen MR) is 69.2 cm³/mol. The Balaban J connectivity index is 2.03. The van der Waals surface area contributed by atoms with Crippen molar-refractivity contribution in [2.75, 3.05) is 7.05 Å². The minimum atomic E-state index is -1.08. The highest BCUT2D eigenvalue weighted by atomic mass is 16.5. The van der Waals surface area contributed by atoms with E-state index in [1.54, 1.807) is 6.07 Å². The van der Waals surface area contributed by atoms with Crippen molar-refractivity contribution >= 4 is 5.97 Å². The normalized spacial score (nSPS) is 10.4. The summed E-state index contributed by atoms with van der Waals surface area (Å²) >= 11 is 0. The van der Waals surface area contributed by atoms with Crippen LogP contribution in [0, 0.1) is 0 Å². The molecule has 5 heteroatoms. The van der Waals surface area contributed by atoms with Crippen molar-refractivity contribution in [3.8, 4) is 5.75 Å². The van der Waals surface area contributed by atoms with Crippen LogP contribution >= 0.6 is 0 Å². The van der Waals surface area contributed by atoms with E-state index < -0.39 is 5.97 Å². The number of furan rings is 1. The van der Waals surface area contributed by atoms with E-state index in [2.05, 4.69) is 5.32 Å². The van der Waals surface area contributed by atoms with Gasteiger partial charge in [-0.3, -0.25) is 0 Å². The number of ether oxygens (including phenoxy) is 1. The average molecular weight is 261 g/mol. The first kappa shape index (κ1) is 13.2. The Morgan fingerprint density at radius 1 is 1.32 bits per heavy atom. The highest BCUT2D eigenvalue weighted by molar-refractivity contribution is 5.84. The number of nitrogens with one attached hydrogen (secondary N) is 1. The van der Waals surface area contributed by atoms with Crippen LogP contribution in [0.15, 0.2) is 40.8 Å². The van der Waals surface area contributed by atoms with Crippen LogP contribution in [0.1, 0.15) is 21.9 Å². The van der Waals surface area contributed by atoms with Crippen LogP contribution in [0.3, 0.4) is 0 Å². The second-order valence-electron chi connectivity index (χ2n) is 4.00. The highest BCUT2D eigenvalue weighted by Gasteiger charge is 2.10. The fourth-order valence-corrected chi connectivity index (χ4v) is 1.70. The van der Waals surface area contributed by atoms with Crippen LogP contribution in [0.5, 0.6) is 5.75 Å². The molecule has 0 aliphatic rings. The molecule has 1 aromatic heterocycles. The van der Waals surface area contributed by atoms with Crippen molar-refractivity contribution in [2.45, 2.75) is 13.2 Å². The molecule has 2 aromatic rings. The Labute approximate surface area is 110 Å². The van der Waals surface area contributed by atoms with Gasteiger partial charge in [0, 0.05) is 12.1 Å². The molecule has 100 valence electrons. The number of hydrogen-bond acceptors (Lipinski definition) is 4. The first-order chi connectivity index (χ1) is 9.20. The second kappa shape index (κ2) is 6.06. The van der Waals surface area contributed by atoms with Crippen LogP contribution in [0.2, 0.25) is 0 Å². The second-order valence-corrected chi connectivity index (χ2v) is 4.00. The number of carbonyl (C=O) groups is 1. The molecule has 1 heterocycles. The lowest BCUT2D eigenvalue weighted by Crippen LogP contribution is -2.07. The molecule has 0 spiro atoms. The summed E-state index contributed by atoms with van der Waals surface area (Å²) in [7, 11) is 1.86. The molecule has 0 bridgehead atoms. The Kier molecular flexibility index (Phi) is 4.20. The van der Waals surface area contributed by atoms with Crippen LogP contribution in [0.4, 0.5) is 0 Å². The van der Waals surface area contributed by atoms with E-state index in [9.17, 15) is 4.79 Å². The summed E-state index contributed by atoms with van der Waals surface area (Å²) in [6.07, 6.45) is 0. The van der Waals surface area contributed by atoms with Crippen LogP contribution in [0.25, 0.3) is 0 Å². The SMILES string of the molecule is CNCc1ccccc1OCc1ccc(C(=O)O)o1. The highest BCUT2D eigenvalue weighted by Crippen LogP contribution is 2.19. The Morgan fingerprint density at radius 3 is 2.79 bits per heavy atom. The van der Waals surface area contributed by atoms with Gasteiger partial charge in [-0.05, 0) is 25.2 Å². The van der Waals surface area contributed by atoms with Crippen molar-refractivity contribution in [3.05, 3.63) is 53.5 Å². The van der Waals surface area contributed by atoms with Crippen LogP contribution < -0.4 is 10.1 Å². The van der Waals surface area contributed by atoms with Gasteiger partial charge in [0.1, 0.15) is 18.1 Å². The van der Waals surface area contributed by atoms with Gasteiger partial charge in [0.25, 0.3) is 0 Å². The average Bonchev–Trinajstić information content (AvgIpc) is 2.87. The summed E-state index contributed by atoms with van der Waals surface area (Å²) in [6.45, 7) is 0.905. The number of carboxylic acids is 1. The van der Waals surface area contributed by atoms with E-state index >= 15 is 0 Å². The van der Waals surface area contributed by atoms with Crippen molar-refractivity contribution in [2.24, 2.45) is 0 Å². The lowest BCUT2D eigenvalue weighted by atomic mass is 10.2. The first-order valence-electron chi connectivity index (χ1n) is 5.88. The molecule has 0 saturated heterocycles. The van der Waals surface area contributed by atoms with Gasteiger partial charge in [-0.1, -0.05) is 18.2 Å². The molecule has 0 aliphatic carbocycles. The van der Waals surface area contributed by atoms with Gasteiger partial charge in [0.15, 0.2) is 0 Å². The fourth-order valence-electron chi connectivity index (χ4n) is 1.70. The number of rotatable bonds is 6. The molecule has 1 aromatic carbocycles. The zero-order chi connectivity index (χ0) is 13.7. The third-order valence-electron chi connectivity index (χ3n) is 2.58. The van der Waals surface area contributed by atoms with Crippen molar-refractivity contribution < 1.29 is 19.1 Å². The molecule has 0 aliphatic heterocycles. The van der Waals surface area contributed by atoms with E-state index in [0.717, 1.165) is 11.3 Å². The van der Waals surface area contributed by atoms with Gasteiger partial charge in [0.05, 0.1) is 0 Å². The molecule has 19 heavy (non-hydrogen) atoms. The minimum Gasteiger partial charge on any atom is -0.485 e. The maximum Gasteiger partial charge on any atom is 0.371 e. The standard InChI is InChI=1S/C14H15NO4/c1-15-8-10-4-2-3-5-12(10)18-9-11-6-7-13(19-11)14(16)17/h2-7,15H,8-9H2,1H3,(H,16,17). The van der Waals surface area contributed by atoms with Gasteiger partial charge in [-0.2, -0.15) is 0 Å². The molecule has 5 nitrogen and oxygen atoms in total. The molecule has 0 radical (unpaired) electrons. The quantitative estimate of drug-likeness (QED) is 0.834. The molecule has 0 amide bonds. The van der Waals surface area contributed by atoms with Crippen molar-refractivity contribution in [1.82, 2.24) is 5.32 Å². The Hall–Kier alpha value is -2.27. The monoisotopic (exact) mass is 261 g/mol. The summed E-state index contributed by atoms with van der Waals surface area (Å²) in [5, 5.41) is 11.8. The van der Waals surface area contributed by atoms with E-state index in [0.29, 0.717) is 12.3 Å². The predicted octanol–water partition coefficient (Wildman–Crippen LogP) is 2.28. The zero-order valence-corrected chi connectivity index (χ0v) is 10.6. The molecule has 0 atom stereocenters. The van der Waals surface area contributed by atoms with Crippen LogP contribution in [-0.2, 0) is 13.2 Å². The van der Waals surface area contributed by atoms with E-state index in [1.807, 2.05) is 31.3 Å².